The molecule has 0 aromatic heterocycles. The molecule has 0 aromatic carbocycles. The Labute approximate surface area is 212 Å². The zero-order chi connectivity index (χ0) is 26.9. The first-order chi connectivity index (χ1) is 17.1. The molecule has 0 saturated carbocycles. The van der Waals surface area contributed by atoms with Gasteiger partial charge in [-0.1, -0.05) is 78.1 Å². The van der Waals surface area contributed by atoms with E-state index in [1.807, 2.05) is 0 Å². The predicted octanol–water partition coefficient (Wildman–Crippen LogP) is 4.11. The van der Waals surface area contributed by atoms with Crippen molar-refractivity contribution in [1.82, 2.24) is 0 Å². The predicted molar refractivity (Wildman–Crippen MR) is 130 cm³/mol. The number of aliphatic carboxylic acids is 1. The van der Waals surface area contributed by atoms with Gasteiger partial charge < -0.3 is 29.5 Å². The normalized spacial score (nSPS) is 16.4. The average Bonchev–Trinajstić information content (AvgIpc) is 3.10. The SMILES string of the molecule is CC(C)CCCCCCCCCCCCC(=O)OC[C@H](O)[C@H]1OC(=O)C(OC(=O)/C=C/C(=O)O)=C1O. The summed E-state index contributed by atoms with van der Waals surface area (Å²) in [5.74, 6) is -5.30. The second kappa shape index (κ2) is 17.5. The minimum absolute atomic E-state index is 0.188. The van der Waals surface area contributed by atoms with Gasteiger partial charge in [-0.15, -0.1) is 0 Å². The number of ether oxygens (including phenoxy) is 3. The fraction of sp³-hybridized carbons (Fsp3) is 0.692. The Kier molecular flexibility index (Phi) is 15.2. The molecule has 0 amide bonds. The highest BCUT2D eigenvalue weighted by Gasteiger charge is 2.41. The van der Waals surface area contributed by atoms with E-state index in [-0.39, 0.29) is 6.42 Å². The van der Waals surface area contributed by atoms with Crippen LogP contribution in [0.4, 0.5) is 0 Å². The Morgan fingerprint density at radius 2 is 1.50 bits per heavy atom. The van der Waals surface area contributed by atoms with Crippen LogP contribution in [-0.4, -0.2) is 58.0 Å². The summed E-state index contributed by atoms with van der Waals surface area (Å²) in [6, 6.07) is 0. The number of hydrogen-bond donors (Lipinski definition) is 3. The van der Waals surface area contributed by atoms with Gasteiger partial charge >= 0.3 is 23.9 Å². The fourth-order valence-corrected chi connectivity index (χ4v) is 3.66. The molecule has 0 aromatic rings. The zero-order valence-electron chi connectivity index (χ0n) is 21.3. The van der Waals surface area contributed by atoms with Crippen LogP contribution in [0.5, 0.6) is 0 Å². The molecule has 36 heavy (non-hydrogen) atoms. The summed E-state index contributed by atoms with van der Waals surface area (Å²) in [5, 5.41) is 28.6. The zero-order valence-corrected chi connectivity index (χ0v) is 21.3. The standard InChI is InChI=1S/C26H40O10/c1-18(2)13-11-9-7-5-3-4-6-8-10-12-14-21(30)34-17-19(27)24-23(32)25(26(33)36-24)35-22(31)16-15-20(28)29/h15-16,18-19,24,27,32H,3-14,17H2,1-2H3,(H,28,29)/b16-15+/t19-,24+/m0/s1. The number of hydrogen-bond acceptors (Lipinski definition) is 9. The molecule has 1 aliphatic rings. The van der Waals surface area contributed by atoms with Gasteiger partial charge in [-0.2, -0.15) is 0 Å². The number of rotatable bonds is 19. The molecule has 0 radical (unpaired) electrons. The lowest BCUT2D eigenvalue weighted by Crippen LogP contribution is -2.33. The highest BCUT2D eigenvalue weighted by Crippen LogP contribution is 2.24. The number of cyclic esters (lactones) is 1. The Hall–Kier alpha value is -2.88. The van der Waals surface area contributed by atoms with Crippen LogP contribution in [0.25, 0.3) is 0 Å². The highest BCUT2D eigenvalue weighted by molar-refractivity contribution is 5.96. The van der Waals surface area contributed by atoms with Gasteiger partial charge in [0.2, 0.25) is 0 Å². The van der Waals surface area contributed by atoms with E-state index in [9.17, 15) is 29.4 Å². The van der Waals surface area contributed by atoms with E-state index < -0.39 is 54.2 Å². The van der Waals surface area contributed by atoms with Gasteiger partial charge in [-0.3, -0.25) is 4.79 Å². The molecule has 0 spiro atoms. The first-order valence-corrected chi connectivity index (χ1v) is 12.7. The van der Waals surface area contributed by atoms with Crippen LogP contribution in [0.2, 0.25) is 0 Å². The van der Waals surface area contributed by atoms with Crippen LogP contribution in [0.1, 0.15) is 90.9 Å². The van der Waals surface area contributed by atoms with E-state index in [0.717, 1.165) is 25.2 Å². The number of carboxylic acid groups (broad SMARTS) is 1. The molecule has 1 aliphatic heterocycles. The van der Waals surface area contributed by atoms with Crippen LogP contribution in [-0.2, 0) is 33.4 Å². The molecule has 0 aliphatic carbocycles. The van der Waals surface area contributed by atoms with Gasteiger partial charge in [0.05, 0.1) is 0 Å². The summed E-state index contributed by atoms with van der Waals surface area (Å²) in [6.45, 7) is 3.98. The van der Waals surface area contributed by atoms with E-state index >= 15 is 0 Å². The lowest BCUT2D eigenvalue weighted by Gasteiger charge is -2.17. The van der Waals surface area contributed by atoms with Crippen molar-refractivity contribution in [3.8, 4) is 0 Å². The van der Waals surface area contributed by atoms with Crippen LogP contribution < -0.4 is 0 Å². The van der Waals surface area contributed by atoms with Gasteiger partial charge in [0.25, 0.3) is 5.76 Å². The molecule has 2 atom stereocenters. The fourth-order valence-electron chi connectivity index (χ4n) is 3.66. The van der Waals surface area contributed by atoms with Gasteiger partial charge in [-0.25, -0.2) is 14.4 Å². The minimum Gasteiger partial charge on any atom is -0.505 e. The van der Waals surface area contributed by atoms with Crippen molar-refractivity contribution in [2.75, 3.05) is 6.61 Å². The Bertz CT molecular complexity index is 784. The first-order valence-electron chi connectivity index (χ1n) is 12.7. The average molecular weight is 513 g/mol. The van der Waals surface area contributed by atoms with E-state index in [4.69, 9.17) is 14.6 Å². The molecule has 10 nitrogen and oxygen atoms in total. The van der Waals surface area contributed by atoms with Crippen molar-refractivity contribution in [3.05, 3.63) is 23.7 Å². The number of aliphatic hydroxyl groups is 2. The summed E-state index contributed by atoms with van der Waals surface area (Å²) < 4.78 is 14.3. The lowest BCUT2D eigenvalue weighted by molar-refractivity contribution is -0.156. The lowest BCUT2D eigenvalue weighted by atomic mass is 10.0. The van der Waals surface area contributed by atoms with E-state index in [2.05, 4.69) is 18.6 Å². The third-order valence-corrected chi connectivity index (χ3v) is 5.66. The van der Waals surface area contributed by atoms with Crippen molar-refractivity contribution in [2.45, 2.75) is 103 Å². The molecule has 0 fully saturated rings. The van der Waals surface area contributed by atoms with Gasteiger partial charge in [0, 0.05) is 18.6 Å². The third-order valence-electron chi connectivity index (χ3n) is 5.66. The summed E-state index contributed by atoms with van der Waals surface area (Å²) in [7, 11) is 0. The van der Waals surface area contributed by atoms with Crippen LogP contribution in [0.15, 0.2) is 23.7 Å². The van der Waals surface area contributed by atoms with Crippen molar-refractivity contribution in [1.29, 1.82) is 0 Å². The topological polar surface area (TPSA) is 157 Å². The van der Waals surface area contributed by atoms with Gasteiger partial charge in [0.15, 0.2) is 11.9 Å². The molecule has 3 N–H and O–H groups in total. The molecule has 1 rings (SSSR count). The van der Waals surface area contributed by atoms with Gasteiger partial charge in [-0.05, 0) is 12.3 Å². The second-order valence-corrected chi connectivity index (χ2v) is 9.35. The molecular weight excluding hydrogens is 472 g/mol. The van der Waals surface area contributed by atoms with Crippen LogP contribution >= 0.6 is 0 Å². The van der Waals surface area contributed by atoms with Crippen molar-refractivity contribution < 1.29 is 48.7 Å². The summed E-state index contributed by atoms with van der Waals surface area (Å²) in [4.78, 5) is 45.6. The first kappa shape index (κ1) is 31.2. The van der Waals surface area contributed by atoms with Crippen LogP contribution in [0.3, 0.4) is 0 Å². The molecule has 0 unspecified atom stereocenters. The molecule has 0 bridgehead atoms. The molecule has 10 heteroatoms. The minimum atomic E-state index is -1.58. The maximum atomic E-state index is 11.9. The van der Waals surface area contributed by atoms with Crippen LogP contribution in [0, 0.1) is 5.92 Å². The number of carboxylic acids is 1. The molecular formula is C26H40O10. The number of carbonyl (C=O) groups excluding carboxylic acids is 3. The maximum absolute atomic E-state index is 11.9. The Balaban J connectivity index is 2.18. The van der Waals surface area contributed by atoms with Crippen molar-refractivity contribution >= 4 is 23.9 Å². The quantitative estimate of drug-likeness (QED) is 0.0996. The van der Waals surface area contributed by atoms with Crippen molar-refractivity contribution in [2.24, 2.45) is 5.92 Å². The number of unbranched alkanes of at least 4 members (excludes halogenated alkanes) is 9. The number of esters is 3. The maximum Gasteiger partial charge on any atom is 0.378 e. The highest BCUT2D eigenvalue weighted by atomic mass is 16.6. The Morgan fingerprint density at radius 1 is 0.944 bits per heavy atom. The molecule has 1 heterocycles. The Morgan fingerprint density at radius 3 is 2.06 bits per heavy atom. The molecule has 204 valence electrons. The van der Waals surface area contributed by atoms with E-state index in [0.29, 0.717) is 18.6 Å². The monoisotopic (exact) mass is 512 g/mol. The summed E-state index contributed by atoms with van der Waals surface area (Å²) in [5.41, 5.74) is 0. The number of carbonyl (C=O) groups is 4. The molecule has 0 saturated heterocycles. The summed E-state index contributed by atoms with van der Waals surface area (Å²) in [6.07, 6.45) is 10.8. The van der Waals surface area contributed by atoms with E-state index in [1.54, 1.807) is 0 Å². The summed E-state index contributed by atoms with van der Waals surface area (Å²) >= 11 is 0. The third kappa shape index (κ3) is 13.3. The van der Waals surface area contributed by atoms with Crippen molar-refractivity contribution in [3.63, 3.8) is 0 Å². The van der Waals surface area contributed by atoms with E-state index in [1.165, 1.54) is 44.9 Å². The number of aliphatic hydroxyl groups excluding tert-OH is 2. The van der Waals surface area contributed by atoms with Gasteiger partial charge in [0.1, 0.15) is 12.7 Å². The smallest absolute Gasteiger partial charge is 0.378 e. The largest absolute Gasteiger partial charge is 0.505 e. The second-order valence-electron chi connectivity index (χ2n) is 9.35.